The van der Waals surface area contributed by atoms with Crippen molar-refractivity contribution in [3.63, 3.8) is 0 Å². The Balaban J connectivity index is 1.43. The summed E-state index contributed by atoms with van der Waals surface area (Å²) in [5, 5.41) is 1.82. The molecule has 2 heterocycles. The van der Waals surface area contributed by atoms with Gasteiger partial charge in [0.2, 0.25) is 5.91 Å². The summed E-state index contributed by atoms with van der Waals surface area (Å²) in [7, 11) is 1.64. The molecular formula is C18H19N3O4S. The summed E-state index contributed by atoms with van der Waals surface area (Å²) < 4.78 is 11.4. The van der Waals surface area contributed by atoms with Crippen molar-refractivity contribution in [2.45, 2.75) is 6.54 Å². The molecule has 3 rings (SSSR count). The number of benzene rings is 1. The molecule has 0 aliphatic carbocycles. The van der Waals surface area contributed by atoms with Crippen LogP contribution in [0.5, 0.6) is 5.75 Å². The van der Waals surface area contributed by atoms with E-state index < -0.39 is 0 Å². The molecule has 2 aromatic heterocycles. The first-order valence-corrected chi connectivity index (χ1v) is 8.97. The van der Waals surface area contributed by atoms with Crippen LogP contribution in [0.4, 0.5) is 0 Å². The van der Waals surface area contributed by atoms with Gasteiger partial charge in [-0.1, -0.05) is 18.2 Å². The van der Waals surface area contributed by atoms with Crippen molar-refractivity contribution in [2.75, 3.05) is 26.9 Å². The highest BCUT2D eigenvalue weighted by atomic mass is 32.1. The normalized spacial score (nSPS) is 10.8. The average Bonchev–Trinajstić information content (AvgIpc) is 3.11. The zero-order valence-corrected chi connectivity index (χ0v) is 15.1. The second-order valence-electron chi connectivity index (χ2n) is 5.61. The summed E-state index contributed by atoms with van der Waals surface area (Å²) in [5.74, 6) is 1.01. The number of carbonyl (C=O) groups is 1. The number of amides is 1. The first-order valence-electron chi connectivity index (χ1n) is 8.09. The molecule has 0 saturated heterocycles. The number of aromatic nitrogens is 2. The Morgan fingerprint density at radius 2 is 2.04 bits per heavy atom. The number of H-pyrrole nitrogens is 1. The molecule has 0 atom stereocenters. The van der Waals surface area contributed by atoms with Gasteiger partial charge in [0.15, 0.2) is 0 Å². The van der Waals surface area contributed by atoms with Gasteiger partial charge in [0, 0.05) is 7.05 Å². The monoisotopic (exact) mass is 373 g/mol. The van der Waals surface area contributed by atoms with E-state index in [0.717, 1.165) is 5.75 Å². The molecule has 3 aromatic rings. The maximum Gasteiger partial charge on any atom is 0.268 e. The number of ether oxygens (including phenoxy) is 2. The predicted molar refractivity (Wildman–Crippen MR) is 99.5 cm³/mol. The van der Waals surface area contributed by atoms with Crippen molar-refractivity contribution < 1.29 is 14.3 Å². The summed E-state index contributed by atoms with van der Waals surface area (Å²) in [5.41, 5.74) is 0.457. The van der Waals surface area contributed by atoms with Gasteiger partial charge in [0.05, 0.1) is 18.7 Å². The lowest BCUT2D eigenvalue weighted by Gasteiger charge is -2.16. The fourth-order valence-electron chi connectivity index (χ4n) is 2.31. The van der Waals surface area contributed by atoms with Crippen LogP contribution in [0.25, 0.3) is 10.2 Å². The minimum atomic E-state index is -0.197. The number of thiophene rings is 1. The summed E-state index contributed by atoms with van der Waals surface area (Å²) in [6, 6.07) is 11.2. The molecule has 0 spiro atoms. The number of nitrogens with zero attached hydrogens (tertiary/aromatic N) is 2. The van der Waals surface area contributed by atoms with E-state index in [-0.39, 0.29) is 24.6 Å². The van der Waals surface area contributed by atoms with E-state index in [1.54, 1.807) is 13.1 Å². The molecule has 1 amide bonds. The molecule has 0 unspecified atom stereocenters. The minimum absolute atomic E-state index is 0.0560. The molecule has 0 bridgehead atoms. The van der Waals surface area contributed by atoms with E-state index in [4.69, 9.17) is 9.47 Å². The Hall–Kier alpha value is -2.71. The third-order valence-electron chi connectivity index (χ3n) is 3.64. The van der Waals surface area contributed by atoms with Crippen molar-refractivity contribution in [2.24, 2.45) is 0 Å². The van der Waals surface area contributed by atoms with Gasteiger partial charge >= 0.3 is 0 Å². The third-order valence-corrected chi connectivity index (χ3v) is 4.54. The maximum atomic E-state index is 12.1. The lowest BCUT2D eigenvalue weighted by molar-refractivity contribution is -0.135. The van der Waals surface area contributed by atoms with Crippen molar-refractivity contribution >= 4 is 27.5 Å². The Kier molecular flexibility index (Phi) is 5.98. The number of likely N-dealkylation sites (N-methyl/N-ethyl adjacent to an activating group) is 1. The van der Waals surface area contributed by atoms with E-state index in [1.165, 1.54) is 16.2 Å². The molecule has 136 valence electrons. The van der Waals surface area contributed by atoms with Gasteiger partial charge in [0.1, 0.15) is 29.5 Å². The summed E-state index contributed by atoms with van der Waals surface area (Å²) in [4.78, 5) is 32.6. The standard InChI is InChI=1S/C18H19N3O4S/c1-21(11-15-19-14-7-10-26-17(14)18(23)20-15)16(22)12-24-8-9-25-13-5-3-2-4-6-13/h2-7,10H,8-9,11-12H2,1H3,(H,19,20,23). The van der Waals surface area contributed by atoms with Crippen LogP contribution in [-0.2, 0) is 16.1 Å². The molecular weight excluding hydrogens is 354 g/mol. The van der Waals surface area contributed by atoms with Crippen LogP contribution in [0.15, 0.2) is 46.6 Å². The highest BCUT2D eigenvalue weighted by Gasteiger charge is 2.12. The van der Waals surface area contributed by atoms with Crippen LogP contribution < -0.4 is 10.3 Å². The van der Waals surface area contributed by atoms with Crippen LogP contribution in [0, 0.1) is 0 Å². The van der Waals surface area contributed by atoms with Crippen LogP contribution in [0.1, 0.15) is 5.82 Å². The summed E-state index contributed by atoms with van der Waals surface area (Å²) >= 11 is 1.34. The number of para-hydroxylation sites is 1. The van der Waals surface area contributed by atoms with Crippen molar-refractivity contribution in [1.29, 1.82) is 0 Å². The molecule has 0 radical (unpaired) electrons. The fourth-order valence-corrected chi connectivity index (χ4v) is 3.04. The molecule has 1 N–H and O–H groups in total. The Labute approximate surface area is 154 Å². The highest BCUT2D eigenvalue weighted by Crippen LogP contribution is 2.14. The molecule has 7 nitrogen and oxygen atoms in total. The average molecular weight is 373 g/mol. The van der Waals surface area contributed by atoms with Crippen LogP contribution in [0.2, 0.25) is 0 Å². The van der Waals surface area contributed by atoms with E-state index in [9.17, 15) is 9.59 Å². The van der Waals surface area contributed by atoms with Gasteiger partial charge < -0.3 is 19.4 Å². The van der Waals surface area contributed by atoms with E-state index in [2.05, 4.69) is 9.97 Å². The fraction of sp³-hybridized carbons (Fsp3) is 0.278. The number of fused-ring (bicyclic) bond motifs is 1. The smallest absolute Gasteiger partial charge is 0.268 e. The first kappa shape index (κ1) is 18.1. The molecule has 0 aliphatic rings. The number of hydrogen-bond donors (Lipinski definition) is 1. The Morgan fingerprint density at radius 3 is 2.85 bits per heavy atom. The third kappa shape index (κ3) is 4.68. The van der Waals surface area contributed by atoms with Gasteiger partial charge in [-0.25, -0.2) is 4.98 Å². The number of hydrogen-bond acceptors (Lipinski definition) is 6. The van der Waals surface area contributed by atoms with E-state index >= 15 is 0 Å². The second kappa shape index (κ2) is 8.59. The molecule has 0 saturated carbocycles. The number of aromatic amines is 1. The van der Waals surface area contributed by atoms with Crippen molar-refractivity contribution in [1.82, 2.24) is 14.9 Å². The van der Waals surface area contributed by atoms with Gasteiger partial charge in [-0.05, 0) is 23.6 Å². The molecule has 8 heteroatoms. The zero-order valence-electron chi connectivity index (χ0n) is 14.3. The van der Waals surface area contributed by atoms with Gasteiger partial charge in [-0.2, -0.15) is 0 Å². The first-order chi connectivity index (χ1) is 12.6. The topological polar surface area (TPSA) is 84.5 Å². The molecule has 0 fully saturated rings. The number of rotatable bonds is 8. The highest BCUT2D eigenvalue weighted by molar-refractivity contribution is 7.17. The van der Waals surface area contributed by atoms with Crippen LogP contribution in [0.3, 0.4) is 0 Å². The van der Waals surface area contributed by atoms with Crippen molar-refractivity contribution in [3.8, 4) is 5.75 Å². The quantitative estimate of drug-likeness (QED) is 0.611. The predicted octanol–water partition coefficient (Wildman–Crippen LogP) is 2.04. The molecule has 1 aromatic carbocycles. The molecule has 0 aliphatic heterocycles. The van der Waals surface area contributed by atoms with Gasteiger partial charge in [0.25, 0.3) is 5.56 Å². The lowest BCUT2D eigenvalue weighted by Crippen LogP contribution is -2.31. The van der Waals surface area contributed by atoms with Crippen LogP contribution >= 0.6 is 11.3 Å². The zero-order chi connectivity index (χ0) is 18.4. The van der Waals surface area contributed by atoms with Crippen LogP contribution in [-0.4, -0.2) is 47.6 Å². The Bertz CT molecular complexity index is 923. The maximum absolute atomic E-state index is 12.1. The van der Waals surface area contributed by atoms with E-state index in [1.807, 2.05) is 35.7 Å². The number of carbonyl (C=O) groups excluding carboxylic acids is 1. The lowest BCUT2D eigenvalue weighted by atomic mass is 10.3. The van der Waals surface area contributed by atoms with E-state index in [0.29, 0.717) is 29.3 Å². The van der Waals surface area contributed by atoms with Gasteiger partial charge in [-0.3, -0.25) is 9.59 Å². The largest absolute Gasteiger partial charge is 0.491 e. The SMILES string of the molecule is CN(Cc1nc2ccsc2c(=O)[nH]1)C(=O)COCCOc1ccccc1. The Morgan fingerprint density at radius 1 is 1.23 bits per heavy atom. The summed E-state index contributed by atoms with van der Waals surface area (Å²) in [6.07, 6.45) is 0. The number of nitrogens with one attached hydrogen (secondary N) is 1. The van der Waals surface area contributed by atoms with Crippen molar-refractivity contribution in [3.05, 3.63) is 58.0 Å². The second-order valence-corrected chi connectivity index (χ2v) is 6.53. The summed E-state index contributed by atoms with van der Waals surface area (Å²) in [6.45, 7) is 0.832. The molecule has 26 heavy (non-hydrogen) atoms. The van der Waals surface area contributed by atoms with Gasteiger partial charge in [-0.15, -0.1) is 11.3 Å². The minimum Gasteiger partial charge on any atom is -0.491 e.